The molecule has 2 rings (SSSR count). The Bertz CT molecular complexity index is 286. The van der Waals surface area contributed by atoms with Gasteiger partial charge in [0.2, 0.25) is 0 Å². The Hall–Kier alpha value is -0.690. The van der Waals surface area contributed by atoms with Gasteiger partial charge in [-0.25, -0.2) is 0 Å². The van der Waals surface area contributed by atoms with Crippen molar-refractivity contribution in [2.24, 2.45) is 17.8 Å². The van der Waals surface area contributed by atoms with E-state index >= 15 is 0 Å². The van der Waals surface area contributed by atoms with Crippen LogP contribution in [0.15, 0.2) is 0 Å². The van der Waals surface area contributed by atoms with E-state index in [9.17, 15) is 4.79 Å². The second-order valence-electron chi connectivity index (χ2n) is 4.11. The summed E-state index contributed by atoms with van der Waals surface area (Å²) in [5.74, 6) is 1.01. The maximum atomic E-state index is 11.4. The molecule has 4 heteroatoms. The monoisotopic (exact) mass is 211 g/mol. The smallest absolute Gasteiger partial charge is 0.308 e. The summed E-state index contributed by atoms with van der Waals surface area (Å²) in [5.41, 5.74) is 0. The van der Waals surface area contributed by atoms with Gasteiger partial charge < -0.3 is 4.74 Å². The van der Waals surface area contributed by atoms with E-state index in [1.165, 1.54) is 18.9 Å². The van der Waals surface area contributed by atoms with E-state index in [0.29, 0.717) is 17.1 Å². The maximum absolute atomic E-state index is 11.4. The van der Waals surface area contributed by atoms with Crippen LogP contribution in [0.2, 0.25) is 0 Å². The van der Waals surface area contributed by atoms with Crippen molar-refractivity contribution in [1.82, 2.24) is 0 Å². The fourth-order valence-electron chi connectivity index (χ4n) is 2.91. The quantitative estimate of drug-likeness (QED) is 0.516. The lowest BCUT2D eigenvalue weighted by atomic mass is 9.88. The molecule has 0 amide bonds. The summed E-state index contributed by atoms with van der Waals surface area (Å²) in [6.07, 6.45) is 3.19. The first-order valence-electron chi connectivity index (χ1n) is 4.88. The van der Waals surface area contributed by atoms with Gasteiger partial charge in [-0.1, -0.05) is 0 Å². The SMILES string of the molecule is COC(=O)C1CC2CC(SC#N)C1C2. The standard InChI is InChI=1S/C10H13NO2S/c1-13-10(12)8-3-6-2-7(8)9(4-6)14-5-11/h6-9H,2-4H2,1H3. The van der Waals surface area contributed by atoms with Gasteiger partial charge in [-0.15, -0.1) is 0 Å². The molecule has 0 heterocycles. The summed E-state index contributed by atoms with van der Waals surface area (Å²) < 4.78 is 4.78. The molecule has 14 heavy (non-hydrogen) atoms. The van der Waals surface area contributed by atoms with E-state index < -0.39 is 0 Å². The van der Waals surface area contributed by atoms with E-state index in [2.05, 4.69) is 5.40 Å². The molecule has 4 atom stereocenters. The second kappa shape index (κ2) is 3.82. The number of esters is 1. The molecule has 0 aromatic rings. The first-order valence-corrected chi connectivity index (χ1v) is 5.76. The molecule has 0 N–H and O–H groups in total. The number of carbonyl (C=O) groups is 1. The molecule has 0 spiro atoms. The van der Waals surface area contributed by atoms with Gasteiger partial charge in [-0.05, 0) is 42.9 Å². The Labute approximate surface area is 87.8 Å². The number of rotatable bonds is 2. The molecule has 2 bridgehead atoms. The van der Waals surface area contributed by atoms with Crippen LogP contribution < -0.4 is 0 Å². The molecule has 2 saturated carbocycles. The van der Waals surface area contributed by atoms with Crippen molar-refractivity contribution in [3.05, 3.63) is 0 Å². The maximum Gasteiger partial charge on any atom is 0.308 e. The fourth-order valence-corrected chi connectivity index (χ4v) is 3.89. The third-order valence-electron chi connectivity index (χ3n) is 3.46. The minimum absolute atomic E-state index is 0.0598. The Kier molecular flexibility index (Phi) is 2.69. The number of methoxy groups -OCH3 is 1. The van der Waals surface area contributed by atoms with Gasteiger partial charge >= 0.3 is 5.97 Å². The van der Waals surface area contributed by atoms with Crippen LogP contribution in [0.3, 0.4) is 0 Å². The summed E-state index contributed by atoms with van der Waals surface area (Å²) in [6, 6.07) is 0. The first kappa shape index (κ1) is 9.85. The predicted octanol–water partition coefficient (Wildman–Crippen LogP) is 1.79. The Morgan fingerprint density at radius 2 is 2.29 bits per heavy atom. The molecule has 0 radical (unpaired) electrons. The summed E-state index contributed by atoms with van der Waals surface area (Å²) in [7, 11) is 1.45. The van der Waals surface area contributed by atoms with Gasteiger partial charge in [0, 0.05) is 5.25 Å². The molecule has 0 aromatic carbocycles. The van der Waals surface area contributed by atoms with E-state index in [1.807, 2.05) is 0 Å². The molecule has 0 saturated heterocycles. The fraction of sp³-hybridized carbons (Fsp3) is 0.800. The summed E-state index contributed by atoms with van der Waals surface area (Å²) in [5, 5.41) is 11.1. The molecule has 3 nitrogen and oxygen atoms in total. The average Bonchev–Trinajstić information content (AvgIpc) is 2.76. The Morgan fingerprint density at radius 3 is 2.86 bits per heavy atom. The van der Waals surface area contributed by atoms with Crippen molar-refractivity contribution in [3.8, 4) is 5.40 Å². The number of thioether (sulfide) groups is 1. The van der Waals surface area contributed by atoms with Crippen molar-refractivity contribution in [2.75, 3.05) is 7.11 Å². The van der Waals surface area contributed by atoms with Crippen LogP contribution in [0.4, 0.5) is 0 Å². The zero-order chi connectivity index (χ0) is 10.1. The summed E-state index contributed by atoms with van der Waals surface area (Å²) in [6.45, 7) is 0. The average molecular weight is 211 g/mol. The van der Waals surface area contributed by atoms with Gasteiger partial charge in [0.05, 0.1) is 13.0 Å². The molecule has 2 fully saturated rings. The molecule has 2 aliphatic carbocycles. The number of nitrogens with zero attached hydrogens (tertiary/aromatic N) is 1. The highest BCUT2D eigenvalue weighted by atomic mass is 32.2. The van der Waals surface area contributed by atoms with Crippen molar-refractivity contribution in [2.45, 2.75) is 24.5 Å². The molecule has 2 aliphatic rings. The van der Waals surface area contributed by atoms with E-state index in [-0.39, 0.29) is 11.9 Å². The number of hydrogen-bond acceptors (Lipinski definition) is 4. The lowest BCUT2D eigenvalue weighted by Crippen LogP contribution is -2.29. The van der Waals surface area contributed by atoms with Crippen LogP contribution in [0.1, 0.15) is 19.3 Å². The van der Waals surface area contributed by atoms with Gasteiger partial charge in [0.1, 0.15) is 5.40 Å². The van der Waals surface area contributed by atoms with Gasteiger partial charge in [0.15, 0.2) is 0 Å². The second-order valence-corrected chi connectivity index (χ2v) is 5.14. The zero-order valence-corrected chi connectivity index (χ0v) is 8.92. The van der Waals surface area contributed by atoms with Gasteiger partial charge in [0.25, 0.3) is 0 Å². The lowest BCUT2D eigenvalue weighted by Gasteiger charge is -2.25. The molecule has 4 unspecified atom stereocenters. The first-order chi connectivity index (χ1) is 6.76. The Balaban J connectivity index is 2.04. The third kappa shape index (κ3) is 1.50. The lowest BCUT2D eigenvalue weighted by molar-refractivity contribution is -0.147. The van der Waals surface area contributed by atoms with Crippen LogP contribution in [0.25, 0.3) is 0 Å². The van der Waals surface area contributed by atoms with Crippen molar-refractivity contribution < 1.29 is 9.53 Å². The number of carbonyl (C=O) groups excluding carboxylic acids is 1. The van der Waals surface area contributed by atoms with E-state index in [0.717, 1.165) is 19.3 Å². The summed E-state index contributed by atoms with van der Waals surface area (Å²) >= 11 is 1.33. The highest BCUT2D eigenvalue weighted by molar-refractivity contribution is 8.04. The highest BCUT2D eigenvalue weighted by Gasteiger charge is 2.49. The molecule has 76 valence electrons. The van der Waals surface area contributed by atoms with Crippen LogP contribution in [0, 0.1) is 28.4 Å². The summed E-state index contributed by atoms with van der Waals surface area (Å²) in [4.78, 5) is 11.4. The highest BCUT2D eigenvalue weighted by Crippen LogP contribution is 2.52. The van der Waals surface area contributed by atoms with E-state index in [4.69, 9.17) is 10.00 Å². The van der Waals surface area contributed by atoms with Crippen LogP contribution in [0.5, 0.6) is 0 Å². The predicted molar refractivity (Wildman–Crippen MR) is 53.3 cm³/mol. The van der Waals surface area contributed by atoms with Crippen LogP contribution in [-0.2, 0) is 9.53 Å². The van der Waals surface area contributed by atoms with Crippen molar-refractivity contribution >= 4 is 17.7 Å². The number of thiocyanates is 1. The number of fused-ring (bicyclic) bond motifs is 2. The minimum atomic E-state index is -0.0826. The van der Waals surface area contributed by atoms with E-state index in [1.54, 1.807) is 0 Å². The topological polar surface area (TPSA) is 50.1 Å². The van der Waals surface area contributed by atoms with Crippen LogP contribution in [-0.4, -0.2) is 18.3 Å². The van der Waals surface area contributed by atoms with Gasteiger partial charge in [-0.2, -0.15) is 5.26 Å². The molecule has 0 aromatic heterocycles. The number of hydrogen-bond donors (Lipinski definition) is 0. The minimum Gasteiger partial charge on any atom is -0.469 e. The number of nitriles is 1. The molecular formula is C10H13NO2S. The third-order valence-corrected chi connectivity index (χ3v) is 4.41. The molecular weight excluding hydrogens is 198 g/mol. The van der Waals surface area contributed by atoms with Crippen molar-refractivity contribution in [3.63, 3.8) is 0 Å². The van der Waals surface area contributed by atoms with Crippen LogP contribution >= 0.6 is 11.8 Å². The van der Waals surface area contributed by atoms with Gasteiger partial charge in [-0.3, -0.25) is 4.79 Å². The van der Waals surface area contributed by atoms with Crippen molar-refractivity contribution in [1.29, 1.82) is 5.26 Å². The normalized spacial score (nSPS) is 39.4. The molecule has 0 aliphatic heterocycles. The number of ether oxygens (including phenoxy) is 1. The largest absolute Gasteiger partial charge is 0.469 e. The Morgan fingerprint density at radius 1 is 1.50 bits per heavy atom. The zero-order valence-electron chi connectivity index (χ0n) is 8.10.